The van der Waals surface area contributed by atoms with Crippen LogP contribution in [-0.4, -0.2) is 29.0 Å². The number of amides is 2. The number of anilines is 1. The Hall–Kier alpha value is -2.34. The van der Waals surface area contributed by atoms with Crippen molar-refractivity contribution in [2.75, 3.05) is 12.4 Å². The van der Waals surface area contributed by atoms with E-state index < -0.39 is 0 Å². The van der Waals surface area contributed by atoms with Gasteiger partial charge in [-0.1, -0.05) is 12.1 Å². The first kappa shape index (κ1) is 16.5. The van der Waals surface area contributed by atoms with E-state index in [1.807, 2.05) is 13.0 Å². The lowest BCUT2D eigenvalue weighted by molar-refractivity contribution is -0.115. The SMILES string of the molecule is C[C@@H]1Sc2ccc(C(=O)N(C)Cc3cccc(F)c3)cc2NC1=O. The van der Waals surface area contributed by atoms with Crippen molar-refractivity contribution in [3.63, 3.8) is 0 Å². The highest BCUT2D eigenvalue weighted by atomic mass is 32.2. The van der Waals surface area contributed by atoms with Crippen LogP contribution in [-0.2, 0) is 11.3 Å². The maximum Gasteiger partial charge on any atom is 0.253 e. The van der Waals surface area contributed by atoms with Crippen molar-refractivity contribution in [2.45, 2.75) is 23.6 Å². The number of hydrogen-bond acceptors (Lipinski definition) is 3. The summed E-state index contributed by atoms with van der Waals surface area (Å²) >= 11 is 1.47. The van der Waals surface area contributed by atoms with Crippen molar-refractivity contribution in [3.8, 4) is 0 Å². The minimum Gasteiger partial charge on any atom is -0.337 e. The minimum absolute atomic E-state index is 0.0646. The topological polar surface area (TPSA) is 49.4 Å². The summed E-state index contributed by atoms with van der Waals surface area (Å²) in [5.74, 6) is -0.568. The zero-order valence-electron chi connectivity index (χ0n) is 13.4. The molecule has 1 N–H and O–H groups in total. The molecule has 1 heterocycles. The largest absolute Gasteiger partial charge is 0.337 e. The third-order valence-electron chi connectivity index (χ3n) is 3.81. The fourth-order valence-corrected chi connectivity index (χ4v) is 3.47. The Morgan fingerprint density at radius 1 is 1.29 bits per heavy atom. The van der Waals surface area contributed by atoms with Gasteiger partial charge in [0, 0.05) is 24.1 Å². The first-order chi connectivity index (χ1) is 11.4. The van der Waals surface area contributed by atoms with Gasteiger partial charge in [0.05, 0.1) is 10.9 Å². The molecule has 0 aromatic heterocycles. The van der Waals surface area contributed by atoms with Crippen LogP contribution in [0.15, 0.2) is 47.4 Å². The molecule has 1 atom stereocenters. The Labute approximate surface area is 144 Å². The highest BCUT2D eigenvalue weighted by Gasteiger charge is 2.24. The average molecular weight is 344 g/mol. The summed E-state index contributed by atoms with van der Waals surface area (Å²) in [6.07, 6.45) is 0. The van der Waals surface area contributed by atoms with Crippen LogP contribution in [0.5, 0.6) is 0 Å². The second-order valence-corrected chi connectivity index (χ2v) is 7.13. The summed E-state index contributed by atoms with van der Waals surface area (Å²) in [6, 6.07) is 11.5. The maximum absolute atomic E-state index is 13.3. The van der Waals surface area contributed by atoms with Crippen LogP contribution in [0, 0.1) is 5.82 Å². The summed E-state index contributed by atoms with van der Waals surface area (Å²) < 4.78 is 13.3. The quantitative estimate of drug-likeness (QED) is 0.927. The van der Waals surface area contributed by atoms with Gasteiger partial charge in [-0.15, -0.1) is 11.8 Å². The highest BCUT2D eigenvalue weighted by Crippen LogP contribution is 2.36. The van der Waals surface area contributed by atoms with Gasteiger partial charge in [-0.05, 0) is 42.8 Å². The number of hydrogen-bond donors (Lipinski definition) is 1. The molecule has 6 heteroatoms. The highest BCUT2D eigenvalue weighted by molar-refractivity contribution is 8.00. The van der Waals surface area contributed by atoms with Gasteiger partial charge < -0.3 is 10.2 Å². The molecule has 0 unspecified atom stereocenters. The summed E-state index contributed by atoms with van der Waals surface area (Å²) in [7, 11) is 1.67. The van der Waals surface area contributed by atoms with Gasteiger partial charge in [0.25, 0.3) is 5.91 Å². The molecule has 0 fully saturated rings. The molecule has 0 aliphatic carbocycles. The van der Waals surface area contributed by atoms with Gasteiger partial charge >= 0.3 is 0 Å². The van der Waals surface area contributed by atoms with Crippen LogP contribution in [0.25, 0.3) is 0 Å². The van der Waals surface area contributed by atoms with Crippen LogP contribution in [0.4, 0.5) is 10.1 Å². The number of halogens is 1. The molecular weight excluding hydrogens is 327 g/mol. The predicted molar refractivity (Wildman–Crippen MR) is 92.6 cm³/mol. The molecular formula is C18H17FN2O2S. The number of rotatable bonds is 3. The average Bonchev–Trinajstić information content (AvgIpc) is 2.55. The Morgan fingerprint density at radius 3 is 2.83 bits per heavy atom. The van der Waals surface area contributed by atoms with Crippen LogP contribution in [0.3, 0.4) is 0 Å². The van der Waals surface area contributed by atoms with Crippen LogP contribution in [0.1, 0.15) is 22.8 Å². The van der Waals surface area contributed by atoms with Gasteiger partial charge in [0.1, 0.15) is 5.82 Å². The minimum atomic E-state index is -0.323. The zero-order valence-corrected chi connectivity index (χ0v) is 14.2. The van der Waals surface area contributed by atoms with E-state index in [1.54, 1.807) is 31.3 Å². The van der Waals surface area contributed by atoms with Gasteiger partial charge in [-0.3, -0.25) is 9.59 Å². The van der Waals surface area contributed by atoms with Crippen LogP contribution < -0.4 is 5.32 Å². The first-order valence-corrected chi connectivity index (χ1v) is 8.43. The number of nitrogens with one attached hydrogen (secondary N) is 1. The van der Waals surface area contributed by atoms with Crippen molar-refractivity contribution in [2.24, 2.45) is 0 Å². The fourth-order valence-electron chi connectivity index (χ4n) is 2.54. The molecule has 0 saturated heterocycles. The third kappa shape index (κ3) is 3.43. The Kier molecular flexibility index (Phi) is 4.57. The van der Waals surface area contributed by atoms with E-state index in [1.165, 1.54) is 28.8 Å². The number of carbonyl (C=O) groups is 2. The van der Waals surface area contributed by atoms with E-state index in [0.717, 1.165) is 10.5 Å². The second-order valence-electron chi connectivity index (χ2n) is 5.75. The second kappa shape index (κ2) is 6.65. The molecule has 0 radical (unpaired) electrons. The number of thioether (sulfide) groups is 1. The number of carbonyl (C=O) groups excluding carboxylic acids is 2. The van der Waals surface area contributed by atoms with Gasteiger partial charge in [0.2, 0.25) is 5.91 Å². The molecule has 2 amide bonds. The summed E-state index contributed by atoms with van der Waals surface area (Å²) in [5, 5.41) is 2.68. The van der Waals surface area contributed by atoms with Gasteiger partial charge in [-0.25, -0.2) is 4.39 Å². The summed E-state index contributed by atoms with van der Waals surface area (Å²) in [4.78, 5) is 26.8. The lowest BCUT2D eigenvalue weighted by Crippen LogP contribution is -2.28. The lowest BCUT2D eigenvalue weighted by Gasteiger charge is -2.23. The zero-order chi connectivity index (χ0) is 17.3. The molecule has 4 nitrogen and oxygen atoms in total. The molecule has 124 valence electrons. The van der Waals surface area contributed by atoms with E-state index in [-0.39, 0.29) is 22.9 Å². The van der Waals surface area contributed by atoms with E-state index in [2.05, 4.69) is 5.32 Å². The summed E-state index contributed by atoms with van der Waals surface area (Å²) in [5.41, 5.74) is 1.87. The van der Waals surface area contributed by atoms with Crippen LogP contribution >= 0.6 is 11.8 Å². The van der Waals surface area contributed by atoms with Crippen LogP contribution in [0.2, 0.25) is 0 Å². The van der Waals surface area contributed by atoms with E-state index in [9.17, 15) is 14.0 Å². The first-order valence-electron chi connectivity index (χ1n) is 7.55. The van der Waals surface area contributed by atoms with Gasteiger partial charge in [0.15, 0.2) is 0 Å². The van der Waals surface area contributed by atoms with Crippen molar-refractivity contribution in [1.82, 2.24) is 4.90 Å². The molecule has 1 aliphatic rings. The van der Waals surface area contributed by atoms with Crippen molar-refractivity contribution in [3.05, 3.63) is 59.4 Å². The molecule has 0 bridgehead atoms. The number of fused-ring (bicyclic) bond motifs is 1. The molecule has 1 aliphatic heterocycles. The monoisotopic (exact) mass is 344 g/mol. The maximum atomic E-state index is 13.3. The van der Waals surface area contributed by atoms with E-state index in [0.29, 0.717) is 17.8 Å². The summed E-state index contributed by atoms with van der Waals surface area (Å²) in [6.45, 7) is 2.15. The Morgan fingerprint density at radius 2 is 2.08 bits per heavy atom. The predicted octanol–water partition coefficient (Wildman–Crippen LogP) is 3.53. The molecule has 2 aromatic rings. The third-order valence-corrected chi connectivity index (χ3v) is 4.99. The number of benzene rings is 2. The molecule has 0 saturated carbocycles. The van der Waals surface area contributed by atoms with E-state index >= 15 is 0 Å². The smallest absolute Gasteiger partial charge is 0.253 e. The molecule has 3 rings (SSSR count). The molecule has 2 aromatic carbocycles. The number of nitrogens with zero attached hydrogens (tertiary/aromatic N) is 1. The van der Waals surface area contributed by atoms with Gasteiger partial charge in [-0.2, -0.15) is 0 Å². The van der Waals surface area contributed by atoms with Crippen molar-refractivity contribution < 1.29 is 14.0 Å². The van der Waals surface area contributed by atoms with Crippen molar-refractivity contribution in [1.29, 1.82) is 0 Å². The Bertz CT molecular complexity index is 809. The fraction of sp³-hybridized carbons (Fsp3) is 0.222. The normalized spacial score (nSPS) is 16.3. The van der Waals surface area contributed by atoms with E-state index in [4.69, 9.17) is 0 Å². The lowest BCUT2D eigenvalue weighted by atomic mass is 10.1. The standard InChI is InChI=1S/C18H17FN2O2S/c1-11-17(22)20-15-9-13(6-7-16(15)24-11)18(23)21(2)10-12-4-3-5-14(19)8-12/h3-9,11H,10H2,1-2H3,(H,20,22)/t11-/m0/s1. The Balaban J connectivity index is 1.77. The molecule has 0 spiro atoms. The van der Waals surface area contributed by atoms with Crippen molar-refractivity contribution >= 4 is 29.3 Å². The molecule has 24 heavy (non-hydrogen) atoms.